The Labute approximate surface area is 151 Å². The van der Waals surface area contributed by atoms with Crippen LogP contribution in [0.15, 0.2) is 48.5 Å². The Morgan fingerprint density at radius 1 is 0.923 bits per heavy atom. The molecule has 136 valence electrons. The molecule has 0 aliphatic heterocycles. The van der Waals surface area contributed by atoms with Gasteiger partial charge in [-0.1, -0.05) is 12.1 Å². The van der Waals surface area contributed by atoms with Crippen molar-refractivity contribution in [2.45, 2.75) is 13.8 Å². The summed E-state index contributed by atoms with van der Waals surface area (Å²) in [6, 6.07) is 13.9. The van der Waals surface area contributed by atoms with Crippen molar-refractivity contribution in [3.8, 4) is 5.75 Å². The number of carbonyl (C=O) groups excluding carboxylic acids is 3. The summed E-state index contributed by atoms with van der Waals surface area (Å²) in [5.41, 5.74) is 2.09. The first-order chi connectivity index (χ1) is 12.5. The normalized spacial score (nSPS) is 9.92. The van der Waals surface area contributed by atoms with Gasteiger partial charge in [-0.3, -0.25) is 14.4 Å². The van der Waals surface area contributed by atoms with E-state index in [4.69, 9.17) is 4.74 Å². The third kappa shape index (κ3) is 5.94. The highest BCUT2D eigenvalue weighted by Gasteiger charge is 2.15. The summed E-state index contributed by atoms with van der Waals surface area (Å²) in [7, 11) is 0. The van der Waals surface area contributed by atoms with Gasteiger partial charge in [-0.25, -0.2) is 0 Å². The molecule has 26 heavy (non-hydrogen) atoms. The average Bonchev–Trinajstić information content (AvgIpc) is 2.61. The molecule has 0 aliphatic carbocycles. The third-order valence-corrected chi connectivity index (χ3v) is 3.34. The molecule has 3 N–H and O–H groups in total. The fourth-order valence-electron chi connectivity index (χ4n) is 2.16. The van der Waals surface area contributed by atoms with Gasteiger partial charge in [0.15, 0.2) is 0 Å². The molecule has 0 saturated heterocycles. The standard InChI is InChI=1S/C19H21N3O4/c1-3-26-16-9-7-14(8-10-16)22-19(25)18(24)20-12-17(23)21-15-6-4-5-13(2)11-15/h4-11H,3,12H2,1-2H3,(H,20,24)(H,21,23)(H,22,25). The summed E-state index contributed by atoms with van der Waals surface area (Å²) >= 11 is 0. The lowest BCUT2D eigenvalue weighted by molar-refractivity contribution is -0.136. The zero-order chi connectivity index (χ0) is 18.9. The van der Waals surface area contributed by atoms with E-state index in [2.05, 4.69) is 16.0 Å². The van der Waals surface area contributed by atoms with Gasteiger partial charge in [-0.2, -0.15) is 0 Å². The molecule has 0 aliphatic rings. The van der Waals surface area contributed by atoms with Gasteiger partial charge in [0.05, 0.1) is 13.2 Å². The maximum absolute atomic E-state index is 11.9. The van der Waals surface area contributed by atoms with Gasteiger partial charge in [0, 0.05) is 11.4 Å². The van der Waals surface area contributed by atoms with Crippen LogP contribution in [0.25, 0.3) is 0 Å². The minimum Gasteiger partial charge on any atom is -0.494 e. The van der Waals surface area contributed by atoms with E-state index in [-0.39, 0.29) is 6.54 Å². The molecule has 0 saturated carbocycles. The van der Waals surface area contributed by atoms with E-state index in [0.717, 1.165) is 5.56 Å². The van der Waals surface area contributed by atoms with Crippen LogP contribution in [-0.4, -0.2) is 30.9 Å². The largest absolute Gasteiger partial charge is 0.494 e. The molecule has 0 spiro atoms. The zero-order valence-electron chi connectivity index (χ0n) is 14.7. The van der Waals surface area contributed by atoms with Crippen LogP contribution < -0.4 is 20.7 Å². The first-order valence-electron chi connectivity index (χ1n) is 8.16. The van der Waals surface area contributed by atoms with Crippen LogP contribution in [0, 0.1) is 6.92 Å². The molecule has 2 aromatic carbocycles. The van der Waals surface area contributed by atoms with E-state index >= 15 is 0 Å². The summed E-state index contributed by atoms with van der Waals surface area (Å²) in [4.78, 5) is 35.5. The number of aryl methyl sites for hydroxylation is 1. The van der Waals surface area contributed by atoms with Crippen molar-refractivity contribution in [2.24, 2.45) is 0 Å². The van der Waals surface area contributed by atoms with Crippen molar-refractivity contribution in [2.75, 3.05) is 23.8 Å². The molecule has 2 rings (SSSR count). The van der Waals surface area contributed by atoms with Crippen LogP contribution in [0.1, 0.15) is 12.5 Å². The molecule has 0 unspecified atom stereocenters. The van der Waals surface area contributed by atoms with Crippen molar-refractivity contribution >= 4 is 29.1 Å². The van der Waals surface area contributed by atoms with E-state index in [1.54, 1.807) is 36.4 Å². The Morgan fingerprint density at radius 2 is 1.65 bits per heavy atom. The van der Waals surface area contributed by atoms with Crippen LogP contribution in [-0.2, 0) is 14.4 Å². The molecule has 0 radical (unpaired) electrons. The van der Waals surface area contributed by atoms with Crippen molar-refractivity contribution in [1.29, 1.82) is 0 Å². The second-order valence-electron chi connectivity index (χ2n) is 5.51. The predicted octanol–water partition coefficient (Wildman–Crippen LogP) is 2.09. The summed E-state index contributed by atoms with van der Waals surface area (Å²) in [6.07, 6.45) is 0. The highest BCUT2D eigenvalue weighted by Crippen LogP contribution is 2.15. The topological polar surface area (TPSA) is 96.5 Å². The van der Waals surface area contributed by atoms with Gasteiger partial charge < -0.3 is 20.7 Å². The van der Waals surface area contributed by atoms with Crippen molar-refractivity contribution in [3.05, 3.63) is 54.1 Å². The SMILES string of the molecule is CCOc1ccc(NC(=O)C(=O)NCC(=O)Nc2cccc(C)c2)cc1. The Hall–Kier alpha value is -3.35. The van der Waals surface area contributed by atoms with Crippen molar-refractivity contribution in [1.82, 2.24) is 5.32 Å². The summed E-state index contributed by atoms with van der Waals surface area (Å²) in [6.45, 7) is 4.01. The maximum Gasteiger partial charge on any atom is 0.313 e. The van der Waals surface area contributed by atoms with Gasteiger partial charge in [-0.05, 0) is 55.8 Å². The monoisotopic (exact) mass is 355 g/mol. The maximum atomic E-state index is 11.9. The number of rotatable bonds is 6. The molecular weight excluding hydrogens is 334 g/mol. The van der Waals surface area contributed by atoms with Crippen LogP contribution in [0.4, 0.5) is 11.4 Å². The van der Waals surface area contributed by atoms with Gasteiger partial charge in [-0.15, -0.1) is 0 Å². The predicted molar refractivity (Wildman–Crippen MR) is 99.1 cm³/mol. The van der Waals surface area contributed by atoms with Crippen LogP contribution >= 0.6 is 0 Å². The fourth-order valence-corrected chi connectivity index (χ4v) is 2.16. The molecule has 0 heterocycles. The molecule has 0 bridgehead atoms. The Bertz CT molecular complexity index is 788. The summed E-state index contributed by atoms with van der Waals surface area (Å²) in [5.74, 6) is -1.49. The Kier molecular flexibility index (Phi) is 6.73. The molecule has 0 fully saturated rings. The third-order valence-electron chi connectivity index (χ3n) is 3.34. The zero-order valence-corrected chi connectivity index (χ0v) is 14.7. The molecule has 0 aromatic heterocycles. The van der Waals surface area contributed by atoms with E-state index in [1.165, 1.54) is 0 Å². The van der Waals surface area contributed by atoms with Crippen molar-refractivity contribution < 1.29 is 19.1 Å². The number of carbonyl (C=O) groups is 3. The Balaban J connectivity index is 1.79. The number of amides is 3. The summed E-state index contributed by atoms with van der Waals surface area (Å²) < 4.78 is 5.30. The second kappa shape index (κ2) is 9.22. The van der Waals surface area contributed by atoms with Crippen molar-refractivity contribution in [3.63, 3.8) is 0 Å². The molecule has 2 aromatic rings. The van der Waals surface area contributed by atoms with E-state index in [0.29, 0.717) is 23.7 Å². The van der Waals surface area contributed by atoms with Gasteiger partial charge in [0.25, 0.3) is 0 Å². The average molecular weight is 355 g/mol. The van der Waals surface area contributed by atoms with Crippen LogP contribution in [0.5, 0.6) is 5.75 Å². The minimum atomic E-state index is -0.890. The quantitative estimate of drug-likeness (QED) is 0.691. The number of benzene rings is 2. The highest BCUT2D eigenvalue weighted by molar-refractivity contribution is 6.39. The molecular formula is C19H21N3O4. The van der Waals surface area contributed by atoms with Gasteiger partial charge >= 0.3 is 11.8 Å². The molecule has 0 atom stereocenters. The lowest BCUT2D eigenvalue weighted by Crippen LogP contribution is -2.39. The molecule has 7 heteroatoms. The van der Waals surface area contributed by atoms with Crippen LogP contribution in [0.2, 0.25) is 0 Å². The number of nitrogens with one attached hydrogen (secondary N) is 3. The smallest absolute Gasteiger partial charge is 0.313 e. The van der Waals surface area contributed by atoms with Gasteiger partial charge in [0.1, 0.15) is 5.75 Å². The van der Waals surface area contributed by atoms with E-state index < -0.39 is 17.7 Å². The van der Waals surface area contributed by atoms with Gasteiger partial charge in [0.2, 0.25) is 5.91 Å². The van der Waals surface area contributed by atoms with E-state index in [9.17, 15) is 14.4 Å². The lowest BCUT2D eigenvalue weighted by Gasteiger charge is -2.08. The Morgan fingerprint density at radius 3 is 2.31 bits per heavy atom. The van der Waals surface area contributed by atoms with Crippen LogP contribution in [0.3, 0.4) is 0 Å². The molecule has 7 nitrogen and oxygen atoms in total. The lowest BCUT2D eigenvalue weighted by atomic mass is 10.2. The summed E-state index contributed by atoms with van der Waals surface area (Å²) in [5, 5.41) is 7.38. The second-order valence-corrected chi connectivity index (χ2v) is 5.51. The number of hydrogen-bond acceptors (Lipinski definition) is 4. The first kappa shape index (κ1) is 19.0. The fraction of sp³-hybridized carbons (Fsp3) is 0.211. The number of hydrogen-bond donors (Lipinski definition) is 3. The van der Waals surface area contributed by atoms with E-state index in [1.807, 2.05) is 26.0 Å². The minimum absolute atomic E-state index is 0.302. The number of anilines is 2. The number of ether oxygens (including phenoxy) is 1. The first-order valence-corrected chi connectivity index (χ1v) is 8.16. The highest BCUT2D eigenvalue weighted by atomic mass is 16.5. The molecule has 3 amide bonds.